The van der Waals surface area contributed by atoms with Gasteiger partial charge in [-0.1, -0.05) is 18.2 Å². The number of aromatic nitrogens is 2. The van der Waals surface area contributed by atoms with E-state index in [1.807, 2.05) is 31.2 Å². The Kier molecular flexibility index (Phi) is 2.57. The van der Waals surface area contributed by atoms with Gasteiger partial charge in [-0.25, -0.2) is 4.68 Å². The molecule has 0 amide bonds. The topological polar surface area (TPSA) is 41.6 Å². The van der Waals surface area contributed by atoms with E-state index in [0.717, 1.165) is 11.3 Å². The van der Waals surface area contributed by atoms with Crippen LogP contribution in [0.4, 0.5) is 0 Å². The summed E-state index contributed by atoms with van der Waals surface area (Å²) in [6.45, 7) is 2.01. The molecule has 0 bridgehead atoms. The number of rotatable bonds is 1. The van der Waals surface area contributed by atoms with Gasteiger partial charge >= 0.3 is 0 Å². The van der Waals surface area contributed by atoms with Gasteiger partial charge in [-0.2, -0.15) is 10.4 Å². The van der Waals surface area contributed by atoms with Gasteiger partial charge in [0.2, 0.25) is 0 Å². The molecule has 0 radical (unpaired) electrons. The van der Waals surface area contributed by atoms with Crippen LogP contribution in [-0.2, 0) is 0 Å². The molecule has 0 aliphatic rings. The van der Waals surface area contributed by atoms with E-state index < -0.39 is 0 Å². The van der Waals surface area contributed by atoms with Crippen LogP contribution in [0.15, 0.2) is 35.1 Å². The second-order valence-corrected chi connectivity index (χ2v) is 3.91. The summed E-state index contributed by atoms with van der Waals surface area (Å²) >= 11 is 3.36. The molecule has 0 saturated heterocycles. The van der Waals surface area contributed by atoms with Crippen molar-refractivity contribution in [2.75, 3.05) is 0 Å². The third-order valence-electron chi connectivity index (χ3n) is 2.17. The van der Waals surface area contributed by atoms with Crippen LogP contribution in [0, 0.1) is 18.3 Å². The van der Waals surface area contributed by atoms with Crippen molar-refractivity contribution in [1.29, 1.82) is 5.26 Å². The van der Waals surface area contributed by atoms with Gasteiger partial charge in [-0.3, -0.25) is 0 Å². The van der Waals surface area contributed by atoms with Gasteiger partial charge in [0, 0.05) is 0 Å². The number of halogens is 1. The predicted octanol–water partition coefficient (Wildman–Crippen LogP) is 2.81. The van der Waals surface area contributed by atoms with E-state index in [9.17, 15) is 0 Å². The van der Waals surface area contributed by atoms with E-state index in [-0.39, 0.29) is 0 Å². The van der Waals surface area contributed by atoms with Gasteiger partial charge in [0.15, 0.2) is 0 Å². The number of nitriles is 1. The molecule has 0 N–H and O–H groups in total. The Bertz CT molecular complexity index is 537. The smallest absolute Gasteiger partial charge is 0.127 e. The van der Waals surface area contributed by atoms with E-state index in [1.165, 1.54) is 0 Å². The first-order chi connectivity index (χ1) is 7.24. The lowest BCUT2D eigenvalue weighted by Gasteiger charge is -2.06. The molecule has 0 saturated carbocycles. The quantitative estimate of drug-likeness (QED) is 0.792. The molecule has 1 heterocycles. The van der Waals surface area contributed by atoms with Crippen LogP contribution < -0.4 is 0 Å². The van der Waals surface area contributed by atoms with Crippen molar-refractivity contribution in [1.82, 2.24) is 9.78 Å². The van der Waals surface area contributed by atoms with Gasteiger partial charge in [-0.15, -0.1) is 0 Å². The first-order valence-corrected chi connectivity index (χ1v) is 5.23. The monoisotopic (exact) mass is 261 g/mol. The standard InChI is InChI=1S/C11H8BrN3/c1-8-4-2-3-5-10(8)15-11(12)9(6-13)7-14-15/h2-5,7H,1H3. The molecule has 74 valence electrons. The zero-order chi connectivity index (χ0) is 10.8. The highest BCUT2D eigenvalue weighted by Crippen LogP contribution is 2.21. The Hall–Kier alpha value is -1.60. The number of hydrogen-bond donors (Lipinski definition) is 0. The van der Waals surface area contributed by atoms with Crippen molar-refractivity contribution in [3.8, 4) is 11.8 Å². The molecule has 0 fully saturated rings. The molecule has 0 spiro atoms. The first-order valence-electron chi connectivity index (χ1n) is 4.43. The molecular formula is C11H8BrN3. The fourth-order valence-corrected chi connectivity index (χ4v) is 1.85. The lowest BCUT2D eigenvalue weighted by molar-refractivity contribution is 0.853. The zero-order valence-corrected chi connectivity index (χ0v) is 9.69. The van der Waals surface area contributed by atoms with Gasteiger partial charge in [0.05, 0.1) is 11.9 Å². The van der Waals surface area contributed by atoms with Crippen LogP contribution in [0.25, 0.3) is 5.69 Å². The number of hydrogen-bond acceptors (Lipinski definition) is 2. The van der Waals surface area contributed by atoms with Gasteiger partial charge in [0.25, 0.3) is 0 Å². The number of aryl methyl sites for hydroxylation is 1. The summed E-state index contributed by atoms with van der Waals surface area (Å²) in [5.41, 5.74) is 2.63. The maximum atomic E-state index is 8.81. The van der Waals surface area contributed by atoms with Crippen LogP contribution >= 0.6 is 15.9 Å². The summed E-state index contributed by atoms with van der Waals surface area (Å²) < 4.78 is 2.41. The van der Waals surface area contributed by atoms with Crippen molar-refractivity contribution < 1.29 is 0 Å². The molecule has 2 aromatic rings. The third-order valence-corrected chi connectivity index (χ3v) is 2.94. The molecule has 0 unspecified atom stereocenters. The fourth-order valence-electron chi connectivity index (χ4n) is 1.38. The molecule has 1 aromatic carbocycles. The Morgan fingerprint density at radius 1 is 1.40 bits per heavy atom. The minimum atomic E-state index is 0.540. The Labute approximate surface area is 96.1 Å². The van der Waals surface area contributed by atoms with Crippen LogP contribution in [0.5, 0.6) is 0 Å². The Morgan fingerprint density at radius 3 is 2.73 bits per heavy atom. The molecule has 15 heavy (non-hydrogen) atoms. The number of nitrogens with zero attached hydrogens (tertiary/aromatic N) is 3. The van der Waals surface area contributed by atoms with Crippen LogP contribution in [0.3, 0.4) is 0 Å². The van der Waals surface area contributed by atoms with E-state index in [1.54, 1.807) is 10.9 Å². The minimum Gasteiger partial charge on any atom is -0.225 e. The maximum absolute atomic E-state index is 8.81. The molecule has 0 aliphatic heterocycles. The summed E-state index contributed by atoms with van der Waals surface area (Å²) in [4.78, 5) is 0. The van der Waals surface area contributed by atoms with Crippen LogP contribution in [-0.4, -0.2) is 9.78 Å². The number of para-hydroxylation sites is 1. The van der Waals surface area contributed by atoms with Gasteiger partial charge < -0.3 is 0 Å². The van der Waals surface area contributed by atoms with E-state index in [2.05, 4.69) is 27.1 Å². The van der Waals surface area contributed by atoms with Crippen molar-refractivity contribution in [3.05, 3.63) is 46.2 Å². The number of benzene rings is 1. The van der Waals surface area contributed by atoms with Crippen LogP contribution in [0.1, 0.15) is 11.1 Å². The van der Waals surface area contributed by atoms with E-state index in [4.69, 9.17) is 5.26 Å². The van der Waals surface area contributed by atoms with Gasteiger partial charge in [0.1, 0.15) is 16.2 Å². The first kappa shape index (κ1) is 9.94. The molecule has 1 aromatic heterocycles. The van der Waals surface area contributed by atoms with Crippen molar-refractivity contribution in [2.45, 2.75) is 6.92 Å². The maximum Gasteiger partial charge on any atom is 0.127 e. The molecular weight excluding hydrogens is 254 g/mol. The van der Waals surface area contributed by atoms with Crippen molar-refractivity contribution >= 4 is 15.9 Å². The van der Waals surface area contributed by atoms with Gasteiger partial charge in [-0.05, 0) is 34.5 Å². The highest BCUT2D eigenvalue weighted by atomic mass is 79.9. The Morgan fingerprint density at radius 2 is 2.13 bits per heavy atom. The second kappa shape index (κ2) is 3.87. The highest BCUT2D eigenvalue weighted by Gasteiger charge is 2.09. The fraction of sp³-hybridized carbons (Fsp3) is 0.0909. The second-order valence-electron chi connectivity index (χ2n) is 3.16. The molecule has 0 aliphatic carbocycles. The lowest BCUT2D eigenvalue weighted by atomic mass is 10.2. The van der Waals surface area contributed by atoms with Crippen molar-refractivity contribution in [3.63, 3.8) is 0 Å². The highest BCUT2D eigenvalue weighted by molar-refractivity contribution is 9.10. The lowest BCUT2D eigenvalue weighted by Crippen LogP contribution is -1.98. The predicted molar refractivity (Wildman–Crippen MR) is 60.7 cm³/mol. The van der Waals surface area contributed by atoms with E-state index in [0.29, 0.717) is 10.2 Å². The summed E-state index contributed by atoms with van der Waals surface area (Å²) in [6.07, 6.45) is 1.55. The third kappa shape index (κ3) is 1.66. The van der Waals surface area contributed by atoms with E-state index >= 15 is 0 Å². The summed E-state index contributed by atoms with van der Waals surface area (Å²) in [5, 5.41) is 13.0. The minimum absolute atomic E-state index is 0.540. The molecule has 3 nitrogen and oxygen atoms in total. The SMILES string of the molecule is Cc1ccccc1-n1ncc(C#N)c1Br. The molecule has 0 atom stereocenters. The zero-order valence-electron chi connectivity index (χ0n) is 8.11. The molecule has 4 heteroatoms. The molecule has 2 rings (SSSR count). The summed E-state index contributed by atoms with van der Waals surface area (Å²) in [7, 11) is 0. The largest absolute Gasteiger partial charge is 0.225 e. The Balaban J connectivity index is 2.61. The summed E-state index contributed by atoms with van der Waals surface area (Å²) in [5.74, 6) is 0. The van der Waals surface area contributed by atoms with Crippen molar-refractivity contribution in [2.24, 2.45) is 0 Å². The normalized spacial score (nSPS) is 9.93. The average molecular weight is 262 g/mol. The summed E-state index contributed by atoms with van der Waals surface area (Å²) in [6, 6.07) is 9.97. The average Bonchev–Trinajstić information content (AvgIpc) is 2.60. The van der Waals surface area contributed by atoms with Crippen LogP contribution in [0.2, 0.25) is 0 Å².